The Morgan fingerprint density at radius 1 is 1.22 bits per heavy atom. The molecule has 0 unspecified atom stereocenters. The van der Waals surface area contributed by atoms with Crippen molar-refractivity contribution in [2.24, 2.45) is 0 Å². The quantitative estimate of drug-likeness (QED) is 0.761. The van der Waals surface area contributed by atoms with Crippen LogP contribution in [-0.4, -0.2) is 23.9 Å². The molecule has 1 fully saturated rings. The third-order valence-electron chi connectivity index (χ3n) is 3.80. The van der Waals surface area contributed by atoms with E-state index in [0.717, 1.165) is 24.0 Å². The van der Waals surface area contributed by atoms with Crippen LogP contribution in [0.1, 0.15) is 48.0 Å². The molecule has 3 heteroatoms. The molecule has 1 aromatic rings. The lowest BCUT2D eigenvalue weighted by atomic mass is 9.94. The predicted octanol–water partition coefficient (Wildman–Crippen LogP) is 3.83. The molecule has 0 spiro atoms. The van der Waals surface area contributed by atoms with Gasteiger partial charge in [0.1, 0.15) is 0 Å². The van der Waals surface area contributed by atoms with Gasteiger partial charge in [-0.2, -0.15) is 0 Å². The predicted molar refractivity (Wildman–Crippen MR) is 75.0 cm³/mol. The van der Waals surface area contributed by atoms with Crippen LogP contribution >= 0.6 is 11.6 Å². The highest BCUT2D eigenvalue weighted by molar-refractivity contribution is 6.17. The molecular weight excluding hydrogens is 246 g/mol. The van der Waals surface area contributed by atoms with Crippen molar-refractivity contribution in [3.8, 4) is 0 Å². The molecule has 1 amide bonds. The maximum Gasteiger partial charge on any atom is 0.253 e. The fourth-order valence-electron chi connectivity index (χ4n) is 2.57. The van der Waals surface area contributed by atoms with Gasteiger partial charge < -0.3 is 4.90 Å². The van der Waals surface area contributed by atoms with Gasteiger partial charge in [0.15, 0.2) is 0 Å². The van der Waals surface area contributed by atoms with Crippen molar-refractivity contribution in [1.29, 1.82) is 0 Å². The molecule has 2 rings (SSSR count). The molecule has 1 aromatic carbocycles. The molecule has 0 N–H and O–H groups in total. The Hall–Kier alpha value is -1.02. The van der Waals surface area contributed by atoms with Crippen LogP contribution in [0.3, 0.4) is 0 Å². The Labute approximate surface area is 114 Å². The van der Waals surface area contributed by atoms with Gasteiger partial charge in [0.25, 0.3) is 5.91 Å². The number of nitrogens with zero attached hydrogens (tertiary/aromatic N) is 1. The third-order valence-corrected chi connectivity index (χ3v) is 4.11. The monoisotopic (exact) mass is 265 g/mol. The number of amides is 1. The topological polar surface area (TPSA) is 20.3 Å². The van der Waals surface area contributed by atoms with Crippen molar-refractivity contribution >= 4 is 17.5 Å². The number of halogens is 1. The summed E-state index contributed by atoms with van der Waals surface area (Å²) in [5.41, 5.74) is 1.81. The maximum absolute atomic E-state index is 12.3. The second kappa shape index (κ2) is 6.24. The van der Waals surface area contributed by atoms with Crippen LogP contribution in [0.4, 0.5) is 0 Å². The standard InChI is InChI=1S/C15H20ClNO/c1-17(14-5-3-2-4-6-14)15(18)13-9-7-12(11-16)8-10-13/h7-10,14H,2-6,11H2,1H3. The summed E-state index contributed by atoms with van der Waals surface area (Å²) in [5, 5.41) is 0. The first-order chi connectivity index (χ1) is 8.72. The summed E-state index contributed by atoms with van der Waals surface area (Å²) in [5.74, 6) is 0.621. The molecule has 1 aliphatic rings. The molecule has 0 bridgehead atoms. The van der Waals surface area contributed by atoms with Gasteiger partial charge in [0, 0.05) is 24.5 Å². The van der Waals surface area contributed by atoms with E-state index >= 15 is 0 Å². The van der Waals surface area contributed by atoms with E-state index in [0.29, 0.717) is 11.9 Å². The molecule has 2 nitrogen and oxygen atoms in total. The number of carbonyl (C=O) groups is 1. The minimum absolute atomic E-state index is 0.128. The van der Waals surface area contributed by atoms with Gasteiger partial charge in [-0.05, 0) is 30.5 Å². The summed E-state index contributed by atoms with van der Waals surface area (Å²) >= 11 is 5.75. The van der Waals surface area contributed by atoms with Gasteiger partial charge in [-0.3, -0.25) is 4.79 Å². The summed E-state index contributed by atoms with van der Waals surface area (Å²) < 4.78 is 0. The van der Waals surface area contributed by atoms with E-state index in [1.54, 1.807) is 0 Å². The second-order valence-corrected chi connectivity index (χ2v) is 5.31. The van der Waals surface area contributed by atoms with Crippen LogP contribution in [0, 0.1) is 0 Å². The Morgan fingerprint density at radius 3 is 2.39 bits per heavy atom. The van der Waals surface area contributed by atoms with Gasteiger partial charge in [0.05, 0.1) is 0 Å². The van der Waals surface area contributed by atoms with E-state index in [4.69, 9.17) is 11.6 Å². The molecular formula is C15H20ClNO. The van der Waals surface area contributed by atoms with Crippen molar-refractivity contribution in [2.75, 3.05) is 7.05 Å². The highest BCUT2D eigenvalue weighted by atomic mass is 35.5. The molecule has 0 radical (unpaired) electrons. The lowest BCUT2D eigenvalue weighted by Crippen LogP contribution is -2.38. The van der Waals surface area contributed by atoms with Crippen molar-refractivity contribution in [3.63, 3.8) is 0 Å². The van der Waals surface area contributed by atoms with Gasteiger partial charge in [-0.1, -0.05) is 31.4 Å². The van der Waals surface area contributed by atoms with Crippen molar-refractivity contribution in [2.45, 2.75) is 44.0 Å². The molecule has 0 aliphatic heterocycles. The van der Waals surface area contributed by atoms with Crippen molar-refractivity contribution in [1.82, 2.24) is 4.90 Å². The number of hydrogen-bond acceptors (Lipinski definition) is 1. The minimum atomic E-state index is 0.128. The zero-order valence-electron chi connectivity index (χ0n) is 10.9. The molecule has 1 aliphatic carbocycles. The normalized spacial score (nSPS) is 16.6. The number of alkyl halides is 1. The van der Waals surface area contributed by atoms with Gasteiger partial charge in [-0.15, -0.1) is 11.6 Å². The van der Waals surface area contributed by atoms with E-state index in [1.807, 2.05) is 36.2 Å². The number of carbonyl (C=O) groups excluding carboxylic acids is 1. The molecule has 98 valence electrons. The largest absolute Gasteiger partial charge is 0.339 e. The molecule has 0 atom stereocenters. The lowest BCUT2D eigenvalue weighted by Gasteiger charge is -2.31. The Bertz CT molecular complexity index is 395. The minimum Gasteiger partial charge on any atom is -0.339 e. The molecule has 0 saturated heterocycles. The summed E-state index contributed by atoms with van der Waals surface area (Å²) in [6, 6.07) is 8.02. The van der Waals surface area contributed by atoms with Crippen LogP contribution in [-0.2, 0) is 5.88 Å². The van der Waals surface area contributed by atoms with Crippen LogP contribution in [0.5, 0.6) is 0 Å². The van der Waals surface area contributed by atoms with Crippen LogP contribution in [0.2, 0.25) is 0 Å². The Morgan fingerprint density at radius 2 is 1.83 bits per heavy atom. The van der Waals surface area contributed by atoms with Crippen LogP contribution < -0.4 is 0 Å². The summed E-state index contributed by atoms with van der Waals surface area (Å²) in [6.07, 6.45) is 6.08. The fraction of sp³-hybridized carbons (Fsp3) is 0.533. The van der Waals surface area contributed by atoms with E-state index in [1.165, 1.54) is 19.3 Å². The first kappa shape index (κ1) is 13.4. The van der Waals surface area contributed by atoms with Gasteiger partial charge in [-0.25, -0.2) is 0 Å². The first-order valence-corrected chi connectivity index (χ1v) is 7.18. The Kier molecular flexibility index (Phi) is 4.65. The second-order valence-electron chi connectivity index (χ2n) is 5.04. The highest BCUT2D eigenvalue weighted by Gasteiger charge is 2.22. The number of benzene rings is 1. The highest BCUT2D eigenvalue weighted by Crippen LogP contribution is 2.23. The zero-order valence-corrected chi connectivity index (χ0v) is 11.6. The fourth-order valence-corrected chi connectivity index (χ4v) is 2.75. The van der Waals surface area contributed by atoms with E-state index in [-0.39, 0.29) is 5.91 Å². The molecule has 0 heterocycles. The van der Waals surface area contributed by atoms with Crippen LogP contribution in [0.25, 0.3) is 0 Å². The summed E-state index contributed by atoms with van der Waals surface area (Å²) in [7, 11) is 1.92. The zero-order chi connectivity index (χ0) is 13.0. The maximum atomic E-state index is 12.3. The molecule has 18 heavy (non-hydrogen) atoms. The first-order valence-electron chi connectivity index (χ1n) is 6.64. The van der Waals surface area contributed by atoms with Gasteiger partial charge >= 0.3 is 0 Å². The average molecular weight is 266 g/mol. The lowest BCUT2D eigenvalue weighted by molar-refractivity contribution is 0.0696. The number of rotatable bonds is 3. The third kappa shape index (κ3) is 3.05. The van der Waals surface area contributed by atoms with E-state index < -0.39 is 0 Å². The summed E-state index contributed by atoms with van der Waals surface area (Å²) in [6.45, 7) is 0. The van der Waals surface area contributed by atoms with E-state index in [9.17, 15) is 4.79 Å². The molecule has 0 aromatic heterocycles. The smallest absolute Gasteiger partial charge is 0.253 e. The van der Waals surface area contributed by atoms with E-state index in [2.05, 4.69) is 0 Å². The summed E-state index contributed by atoms with van der Waals surface area (Å²) in [4.78, 5) is 14.2. The SMILES string of the molecule is CN(C(=O)c1ccc(CCl)cc1)C1CCCCC1. The molecule has 1 saturated carbocycles. The van der Waals surface area contributed by atoms with Crippen molar-refractivity contribution in [3.05, 3.63) is 35.4 Å². The van der Waals surface area contributed by atoms with Crippen LogP contribution in [0.15, 0.2) is 24.3 Å². The average Bonchev–Trinajstić information content (AvgIpc) is 2.47. The van der Waals surface area contributed by atoms with Gasteiger partial charge in [0.2, 0.25) is 0 Å². The number of hydrogen-bond donors (Lipinski definition) is 0. The Balaban J connectivity index is 2.04. The van der Waals surface area contributed by atoms with Crippen molar-refractivity contribution < 1.29 is 4.79 Å².